The lowest BCUT2D eigenvalue weighted by molar-refractivity contribution is -0.605. The smallest absolute Gasteiger partial charge is 0.183 e. The van der Waals surface area contributed by atoms with E-state index in [1.807, 2.05) is 0 Å². The molecule has 0 N–H and O–H groups in total. The third kappa shape index (κ3) is 1.80. The van der Waals surface area contributed by atoms with Crippen LogP contribution in [0.25, 0.3) is 10.8 Å². The molecule has 2 aromatic rings. The Balaban J connectivity index is 2.23. The highest BCUT2D eigenvalue weighted by Gasteiger charge is 2.44. The Kier molecular flexibility index (Phi) is 3.16. The molecule has 2 aromatic carbocycles. The first kappa shape index (κ1) is 13.4. The van der Waals surface area contributed by atoms with E-state index >= 15 is 0 Å². The van der Waals surface area contributed by atoms with Gasteiger partial charge in [-0.25, -0.2) is 4.58 Å². The average Bonchev–Trinajstić information content (AvgIpc) is 2.64. The minimum atomic E-state index is 0.0927. The number of hydrogen-bond donors (Lipinski definition) is 0. The van der Waals surface area contributed by atoms with Gasteiger partial charge in [-0.2, -0.15) is 0 Å². The fraction of sp³-hybridized carbons (Fsp3) is 0.421. The summed E-state index contributed by atoms with van der Waals surface area (Å²) >= 11 is 0. The maximum Gasteiger partial charge on any atom is 0.183 e. The van der Waals surface area contributed by atoms with Crippen LogP contribution in [0.3, 0.4) is 0 Å². The van der Waals surface area contributed by atoms with Crippen molar-refractivity contribution in [1.29, 1.82) is 0 Å². The zero-order valence-electron chi connectivity index (χ0n) is 13.0. The zero-order chi connectivity index (χ0) is 14.3. The SMILES string of the molecule is CCCC[N+]1=C(C)c2ccc3ccccc3c2C1(C)C. The van der Waals surface area contributed by atoms with E-state index in [1.165, 1.54) is 40.5 Å². The van der Waals surface area contributed by atoms with Crippen molar-refractivity contribution in [3.8, 4) is 0 Å². The number of unbranched alkanes of at least 4 members (excludes halogenated alkanes) is 1. The van der Waals surface area contributed by atoms with Crippen LogP contribution in [0.5, 0.6) is 0 Å². The van der Waals surface area contributed by atoms with Crippen LogP contribution in [0.4, 0.5) is 0 Å². The van der Waals surface area contributed by atoms with Gasteiger partial charge in [0.05, 0.1) is 5.56 Å². The Morgan fingerprint density at radius 2 is 1.80 bits per heavy atom. The van der Waals surface area contributed by atoms with Crippen LogP contribution in [-0.4, -0.2) is 16.8 Å². The van der Waals surface area contributed by atoms with Gasteiger partial charge in [0.2, 0.25) is 0 Å². The molecule has 104 valence electrons. The molecular weight excluding hydrogens is 242 g/mol. The van der Waals surface area contributed by atoms with E-state index in [0.717, 1.165) is 6.54 Å². The lowest BCUT2D eigenvalue weighted by atomic mass is 9.87. The van der Waals surface area contributed by atoms with Crippen molar-refractivity contribution in [3.63, 3.8) is 0 Å². The second-order valence-corrected chi connectivity index (χ2v) is 6.36. The van der Waals surface area contributed by atoms with E-state index in [4.69, 9.17) is 0 Å². The number of rotatable bonds is 3. The Hall–Kier alpha value is -1.63. The van der Waals surface area contributed by atoms with E-state index in [1.54, 1.807) is 0 Å². The third-order valence-corrected chi connectivity index (χ3v) is 4.75. The minimum Gasteiger partial charge on any atom is -0.224 e. The molecule has 0 unspecified atom stereocenters. The Morgan fingerprint density at radius 1 is 1.05 bits per heavy atom. The van der Waals surface area contributed by atoms with Crippen molar-refractivity contribution in [2.45, 2.75) is 46.1 Å². The largest absolute Gasteiger partial charge is 0.224 e. The monoisotopic (exact) mass is 266 g/mol. The second kappa shape index (κ2) is 4.73. The molecule has 3 rings (SSSR count). The highest BCUT2D eigenvalue weighted by molar-refractivity contribution is 6.04. The highest BCUT2D eigenvalue weighted by atomic mass is 15.1. The quantitative estimate of drug-likeness (QED) is 0.708. The summed E-state index contributed by atoms with van der Waals surface area (Å²) in [4.78, 5) is 0. The summed E-state index contributed by atoms with van der Waals surface area (Å²) in [5, 5.41) is 2.76. The molecule has 0 spiro atoms. The molecule has 0 bridgehead atoms. The summed E-state index contributed by atoms with van der Waals surface area (Å²) in [6.45, 7) is 10.4. The van der Waals surface area contributed by atoms with Gasteiger partial charge >= 0.3 is 0 Å². The predicted octanol–water partition coefficient (Wildman–Crippen LogP) is 4.71. The second-order valence-electron chi connectivity index (χ2n) is 6.36. The summed E-state index contributed by atoms with van der Waals surface area (Å²) in [6.07, 6.45) is 2.50. The van der Waals surface area contributed by atoms with Crippen molar-refractivity contribution in [1.82, 2.24) is 0 Å². The fourth-order valence-electron chi connectivity index (χ4n) is 3.70. The van der Waals surface area contributed by atoms with Gasteiger partial charge in [-0.1, -0.05) is 43.7 Å². The summed E-state index contributed by atoms with van der Waals surface area (Å²) in [5.74, 6) is 0. The van der Waals surface area contributed by atoms with Crippen LogP contribution in [0.1, 0.15) is 51.7 Å². The van der Waals surface area contributed by atoms with Gasteiger partial charge in [0.1, 0.15) is 6.54 Å². The van der Waals surface area contributed by atoms with Gasteiger partial charge in [-0.15, -0.1) is 0 Å². The van der Waals surface area contributed by atoms with Crippen molar-refractivity contribution in [3.05, 3.63) is 47.5 Å². The van der Waals surface area contributed by atoms with Crippen molar-refractivity contribution in [2.75, 3.05) is 6.54 Å². The molecule has 1 heteroatoms. The Morgan fingerprint density at radius 3 is 2.55 bits per heavy atom. The van der Waals surface area contributed by atoms with Crippen LogP contribution in [0.15, 0.2) is 36.4 Å². The van der Waals surface area contributed by atoms with Crippen LogP contribution in [-0.2, 0) is 5.54 Å². The van der Waals surface area contributed by atoms with E-state index < -0.39 is 0 Å². The molecule has 20 heavy (non-hydrogen) atoms. The van der Waals surface area contributed by atoms with Crippen LogP contribution in [0, 0.1) is 0 Å². The van der Waals surface area contributed by atoms with E-state index in [9.17, 15) is 0 Å². The van der Waals surface area contributed by atoms with Crippen molar-refractivity contribution in [2.24, 2.45) is 0 Å². The van der Waals surface area contributed by atoms with Crippen LogP contribution >= 0.6 is 0 Å². The number of benzene rings is 2. The summed E-state index contributed by atoms with van der Waals surface area (Å²) in [6, 6.07) is 13.3. The summed E-state index contributed by atoms with van der Waals surface area (Å²) in [5.41, 5.74) is 4.47. The van der Waals surface area contributed by atoms with Crippen LogP contribution in [0.2, 0.25) is 0 Å². The van der Waals surface area contributed by atoms with E-state index in [2.05, 4.69) is 68.7 Å². The molecule has 0 aromatic heterocycles. The lowest BCUT2D eigenvalue weighted by Crippen LogP contribution is -2.32. The maximum atomic E-state index is 2.59. The maximum absolute atomic E-state index is 2.59. The topological polar surface area (TPSA) is 3.01 Å². The normalized spacial score (nSPS) is 16.8. The molecule has 1 aliphatic rings. The zero-order valence-corrected chi connectivity index (χ0v) is 13.0. The van der Waals surface area contributed by atoms with E-state index in [0.29, 0.717) is 0 Å². The van der Waals surface area contributed by atoms with E-state index in [-0.39, 0.29) is 5.54 Å². The molecule has 0 radical (unpaired) electrons. The first-order chi connectivity index (χ1) is 9.57. The van der Waals surface area contributed by atoms with Gasteiger partial charge in [0.25, 0.3) is 0 Å². The van der Waals surface area contributed by atoms with Gasteiger partial charge in [-0.3, -0.25) is 0 Å². The number of hydrogen-bond acceptors (Lipinski definition) is 0. The van der Waals surface area contributed by atoms with Gasteiger partial charge in [-0.05, 0) is 16.8 Å². The Labute approximate surface area is 121 Å². The number of fused-ring (bicyclic) bond motifs is 3. The van der Waals surface area contributed by atoms with Crippen molar-refractivity contribution >= 4 is 16.5 Å². The average molecular weight is 266 g/mol. The molecule has 1 nitrogen and oxygen atoms in total. The summed E-state index contributed by atoms with van der Waals surface area (Å²) < 4.78 is 2.59. The predicted molar refractivity (Wildman–Crippen MR) is 86.8 cm³/mol. The standard InChI is InChI=1S/C19H24N/c1-5-6-13-20-14(2)16-12-11-15-9-7-8-10-17(15)18(16)19(20,3)4/h7-12H,5-6,13H2,1-4H3/q+1. The van der Waals surface area contributed by atoms with Crippen LogP contribution < -0.4 is 0 Å². The summed E-state index contributed by atoms with van der Waals surface area (Å²) in [7, 11) is 0. The third-order valence-electron chi connectivity index (χ3n) is 4.75. The fourth-order valence-corrected chi connectivity index (χ4v) is 3.70. The first-order valence-corrected chi connectivity index (χ1v) is 7.71. The molecule has 0 atom stereocenters. The molecule has 1 aliphatic heterocycles. The molecule has 1 heterocycles. The van der Waals surface area contributed by atoms with Gasteiger partial charge < -0.3 is 0 Å². The Bertz CT molecular complexity index is 692. The molecule has 0 saturated carbocycles. The molecule has 0 fully saturated rings. The molecule has 0 aliphatic carbocycles. The minimum absolute atomic E-state index is 0.0927. The molecule has 0 amide bonds. The van der Waals surface area contributed by atoms with Crippen molar-refractivity contribution < 1.29 is 4.58 Å². The molecular formula is C19H24N+. The molecule has 0 saturated heterocycles. The number of nitrogens with zero attached hydrogens (tertiary/aromatic N) is 1. The lowest BCUT2D eigenvalue weighted by Gasteiger charge is -2.20. The first-order valence-electron chi connectivity index (χ1n) is 7.71. The van der Waals surface area contributed by atoms with Gasteiger partial charge in [0.15, 0.2) is 11.3 Å². The highest BCUT2D eigenvalue weighted by Crippen LogP contribution is 2.39. The van der Waals surface area contributed by atoms with Gasteiger partial charge in [0, 0.05) is 32.8 Å².